The third-order valence-electron chi connectivity index (χ3n) is 16.8. The molecule has 12 nitrogen and oxygen atoms in total. The lowest BCUT2D eigenvalue weighted by Gasteiger charge is -2.66. The van der Waals surface area contributed by atoms with E-state index in [9.17, 15) is 35.7 Å². The standard InChI is InChI=1S/C42H69N3O9/c1-21-20-54-37(23(21)3)38(51)40(5,52)31-12-13-42(53)34-33-25(16-39(31,42)4)9-8-24(26-10-11-32(43)45-28(26)7-6-14-46)17-41(33)18-30(49)29(48)15-27(41)36(50)35(34)44-19-22(2)47/h8-9,21-34,37-38,45-49,51-53H,6-7,10-20,43H2,1-5H3/p+1. The number of fused-ring (bicyclic) bond motifs is 2. The lowest BCUT2D eigenvalue weighted by Crippen LogP contribution is -3.00. The van der Waals surface area contributed by atoms with E-state index in [1.807, 2.05) is 13.8 Å². The maximum atomic E-state index is 15.2. The number of carbonyl (C=O) groups is 1. The van der Waals surface area contributed by atoms with Crippen molar-refractivity contribution in [2.24, 2.45) is 74.8 Å². The van der Waals surface area contributed by atoms with Crippen molar-refractivity contribution < 1.29 is 50.6 Å². The largest absolute Gasteiger partial charge is 0.396 e. The van der Waals surface area contributed by atoms with Crippen LogP contribution < -0.4 is 11.1 Å². The van der Waals surface area contributed by atoms with Crippen molar-refractivity contribution in [3.05, 3.63) is 12.2 Å². The molecule has 0 aromatic carbocycles. The number of hydrogen-bond acceptors (Lipinski definition) is 11. The second-order valence-electron chi connectivity index (χ2n) is 19.8. The first-order valence-corrected chi connectivity index (χ1v) is 21.2. The van der Waals surface area contributed by atoms with Gasteiger partial charge in [0.2, 0.25) is 0 Å². The molecule has 0 aromatic heterocycles. The molecule has 12 heteroatoms. The summed E-state index contributed by atoms with van der Waals surface area (Å²) in [5.41, 5.74) is 1.91. The number of ketones is 1. The third-order valence-corrected chi connectivity index (χ3v) is 16.8. The molecule has 0 amide bonds. The summed E-state index contributed by atoms with van der Waals surface area (Å²) < 4.78 is 6.08. The minimum Gasteiger partial charge on any atom is -0.396 e. The van der Waals surface area contributed by atoms with Crippen molar-refractivity contribution >= 4 is 11.5 Å². The molecule has 4 saturated carbocycles. The quantitative estimate of drug-likeness (QED) is 0.150. The van der Waals surface area contributed by atoms with Crippen LogP contribution in [-0.2, 0) is 9.53 Å². The highest BCUT2D eigenvalue weighted by atomic mass is 16.5. The van der Waals surface area contributed by atoms with Gasteiger partial charge in [-0.3, -0.25) is 15.5 Å². The highest BCUT2D eigenvalue weighted by Crippen LogP contribution is 2.73. The molecule has 5 aliphatic carbocycles. The second kappa shape index (κ2) is 14.8. The molecule has 54 heavy (non-hydrogen) atoms. The van der Waals surface area contributed by atoms with Crippen molar-refractivity contribution in [2.45, 2.75) is 153 Å². The van der Waals surface area contributed by atoms with E-state index in [1.54, 1.807) is 13.8 Å². The van der Waals surface area contributed by atoms with Crippen molar-refractivity contribution in [3.63, 3.8) is 0 Å². The van der Waals surface area contributed by atoms with Gasteiger partial charge in [0.15, 0.2) is 5.78 Å². The van der Waals surface area contributed by atoms with E-state index in [4.69, 9.17) is 15.5 Å². The zero-order chi connectivity index (χ0) is 39.1. The molecule has 2 heterocycles. The van der Waals surface area contributed by atoms with Gasteiger partial charge in [-0.15, -0.1) is 0 Å². The number of rotatable bonds is 9. The Morgan fingerprint density at radius 1 is 1.09 bits per heavy atom. The maximum absolute atomic E-state index is 15.2. The van der Waals surface area contributed by atoms with Gasteiger partial charge in [0.05, 0.1) is 53.9 Å². The summed E-state index contributed by atoms with van der Waals surface area (Å²) in [4.78, 5) is 20.0. The van der Waals surface area contributed by atoms with Gasteiger partial charge in [0.1, 0.15) is 12.3 Å². The van der Waals surface area contributed by atoms with Gasteiger partial charge in [-0.05, 0) is 106 Å². The van der Waals surface area contributed by atoms with Crippen molar-refractivity contribution in [1.82, 2.24) is 0 Å². The number of ether oxygens (including phenoxy) is 1. The van der Waals surface area contributed by atoms with Gasteiger partial charge in [0, 0.05) is 49.2 Å². The van der Waals surface area contributed by atoms with Crippen molar-refractivity contribution in [2.75, 3.05) is 19.8 Å². The summed E-state index contributed by atoms with van der Waals surface area (Å²) in [7, 11) is 0. The molecule has 0 bridgehead atoms. The average molecular weight is 761 g/mol. The third kappa shape index (κ3) is 6.32. The summed E-state index contributed by atoms with van der Waals surface area (Å²) in [5.74, 6) is -2.09. The van der Waals surface area contributed by atoms with Crippen LogP contribution in [0.1, 0.15) is 98.8 Å². The van der Waals surface area contributed by atoms with Crippen LogP contribution in [0.2, 0.25) is 0 Å². The zero-order valence-electron chi connectivity index (χ0n) is 33.1. The van der Waals surface area contributed by atoms with Crippen LogP contribution in [0.3, 0.4) is 0 Å². The molecule has 7 rings (SSSR count). The molecule has 20 unspecified atom stereocenters. The van der Waals surface area contributed by atoms with E-state index in [1.165, 1.54) is 0 Å². The fourth-order valence-electron chi connectivity index (χ4n) is 13.9. The molecule has 2 saturated heterocycles. The molecule has 11 N–H and O–H groups in total. The van der Waals surface area contributed by atoms with Gasteiger partial charge in [-0.25, -0.2) is 0 Å². The normalized spacial score (nSPS) is 51.9. The number of aliphatic hydroxyl groups is 7. The van der Waals surface area contributed by atoms with Gasteiger partial charge >= 0.3 is 0 Å². The van der Waals surface area contributed by atoms with Crippen LogP contribution in [0.15, 0.2) is 17.1 Å². The topological polar surface area (TPSA) is 223 Å². The molecule has 2 aliphatic heterocycles. The highest BCUT2D eigenvalue weighted by molar-refractivity contribution is 6.42. The Kier molecular flexibility index (Phi) is 11.2. The molecule has 6 fully saturated rings. The molecule has 0 radical (unpaired) electrons. The van der Waals surface area contributed by atoms with E-state index in [0.29, 0.717) is 38.7 Å². The molecular formula is C42H70N3O9+. The van der Waals surface area contributed by atoms with Crippen LogP contribution in [0, 0.1) is 64.1 Å². The number of nitrogens with zero attached hydrogens (tertiary/aromatic N) is 1. The first-order chi connectivity index (χ1) is 25.4. The van der Waals surface area contributed by atoms with E-state index in [2.05, 4.69) is 24.4 Å². The molecular weight excluding hydrogens is 690 g/mol. The summed E-state index contributed by atoms with van der Waals surface area (Å²) >= 11 is 0. The van der Waals surface area contributed by atoms with Crippen LogP contribution in [-0.4, -0.2) is 121 Å². The minimum absolute atomic E-state index is 0.00916. The van der Waals surface area contributed by atoms with Crippen molar-refractivity contribution in [1.29, 1.82) is 0 Å². The number of piperidine rings is 1. The number of Topliss-reactive ketones (excluding diaryl/α,β-unsaturated/α-hetero) is 1. The molecule has 20 atom stereocenters. The van der Waals surface area contributed by atoms with Crippen molar-refractivity contribution in [3.8, 4) is 0 Å². The smallest absolute Gasteiger partial charge is 0.180 e. The van der Waals surface area contributed by atoms with E-state index in [-0.39, 0.29) is 85.2 Å². The predicted molar refractivity (Wildman–Crippen MR) is 202 cm³/mol. The summed E-state index contributed by atoms with van der Waals surface area (Å²) in [6, 6.07) is 0.174. The second-order valence-corrected chi connectivity index (χ2v) is 19.8. The Labute approximate surface area is 321 Å². The minimum atomic E-state index is -1.62. The van der Waals surface area contributed by atoms with Gasteiger partial charge in [-0.2, -0.15) is 0 Å². The van der Waals surface area contributed by atoms with Gasteiger partial charge in [-0.1, -0.05) is 32.9 Å². The monoisotopic (exact) mass is 761 g/mol. The van der Waals surface area contributed by atoms with E-state index < -0.39 is 70.3 Å². The van der Waals surface area contributed by atoms with Gasteiger partial charge in [0.25, 0.3) is 0 Å². The number of aliphatic hydroxyl groups excluding tert-OH is 5. The molecule has 306 valence electrons. The summed E-state index contributed by atoms with van der Waals surface area (Å²) in [6.45, 7) is 10.1. The molecule has 1 spiro atoms. The van der Waals surface area contributed by atoms with Crippen LogP contribution in [0.5, 0.6) is 0 Å². The Hall–Kier alpha value is -1.32. The SMILES string of the molecule is CC(O)CN=C1C(=O)C2CC(O)C(O)CC23CC(C2CCC(N)[NH2+]C2CCCO)C=CC2CC4(C)C(C(C)(O)C(O)C5OCC(C)C5C)CCC4(O)C1C23. The number of allylic oxidation sites excluding steroid dienone is 2. The lowest BCUT2D eigenvalue weighted by molar-refractivity contribution is -0.738. The Morgan fingerprint density at radius 2 is 1.81 bits per heavy atom. The average Bonchev–Trinajstić information content (AvgIpc) is 3.54. The predicted octanol–water partition coefficient (Wildman–Crippen LogP) is 0.667. The van der Waals surface area contributed by atoms with E-state index >= 15 is 4.79 Å². The van der Waals surface area contributed by atoms with Crippen LogP contribution in [0.4, 0.5) is 0 Å². The number of hydrogen-bond donors (Lipinski definition) is 9. The first kappa shape index (κ1) is 40.9. The number of carbonyl (C=O) groups excluding carboxylic acids is 1. The summed E-state index contributed by atoms with van der Waals surface area (Å²) in [6.07, 6.45) is 5.27. The fourth-order valence-corrected chi connectivity index (χ4v) is 13.9. The van der Waals surface area contributed by atoms with Crippen LogP contribution >= 0.6 is 0 Å². The Morgan fingerprint density at radius 3 is 2.48 bits per heavy atom. The van der Waals surface area contributed by atoms with E-state index in [0.717, 1.165) is 19.3 Å². The summed E-state index contributed by atoms with van der Waals surface area (Å²) in [5, 5.41) is 83.2. The zero-order valence-corrected chi connectivity index (χ0v) is 33.1. The lowest BCUT2D eigenvalue weighted by atomic mass is 9.38. The number of nitrogens with two attached hydrogens (primary N) is 2. The molecule has 0 aromatic rings. The molecule has 7 aliphatic rings. The van der Waals surface area contributed by atoms with Crippen LogP contribution in [0.25, 0.3) is 0 Å². The number of aliphatic imine (C=N–C) groups is 1. The Bertz CT molecular complexity index is 1460. The van der Waals surface area contributed by atoms with Gasteiger partial charge < -0.3 is 45.8 Å². The number of quaternary nitrogens is 1. The first-order valence-electron chi connectivity index (χ1n) is 21.2. The highest BCUT2D eigenvalue weighted by Gasteiger charge is 2.76. The Balaban J connectivity index is 1.37. The fraction of sp³-hybridized carbons (Fsp3) is 0.905. The maximum Gasteiger partial charge on any atom is 0.180 e.